The molecule has 0 aliphatic carbocycles. The van der Waals surface area contributed by atoms with Gasteiger partial charge in [-0.25, -0.2) is 0 Å². The molecule has 0 aromatic heterocycles. The predicted molar refractivity (Wildman–Crippen MR) is 52.4 cm³/mol. The van der Waals surface area contributed by atoms with E-state index in [2.05, 4.69) is 0 Å². The zero-order valence-corrected chi connectivity index (χ0v) is 8.57. The van der Waals surface area contributed by atoms with Crippen LogP contribution in [0.25, 0.3) is 0 Å². The fraction of sp³-hybridized carbons (Fsp3) is 0. The van der Waals surface area contributed by atoms with Gasteiger partial charge in [0.1, 0.15) is 0 Å². The van der Waals surface area contributed by atoms with E-state index in [9.17, 15) is 13.9 Å². The summed E-state index contributed by atoms with van der Waals surface area (Å²) in [7, 11) is 0. The molecule has 0 saturated carbocycles. The first-order chi connectivity index (χ1) is 6.32. The molecule has 0 aliphatic heterocycles. The van der Waals surface area contributed by atoms with Gasteiger partial charge in [-0.3, -0.25) is 0 Å². The van der Waals surface area contributed by atoms with Gasteiger partial charge in [-0.05, 0) is 0 Å². The van der Waals surface area contributed by atoms with Crippen LogP contribution >= 0.6 is 0 Å². The summed E-state index contributed by atoms with van der Waals surface area (Å²) >= 11 is -5.13. The fourth-order valence-electron chi connectivity index (χ4n) is 0.839. The van der Waals surface area contributed by atoms with E-state index in [1.807, 2.05) is 0 Å². The van der Waals surface area contributed by atoms with Crippen LogP contribution in [0.5, 0.6) is 5.75 Å². The van der Waals surface area contributed by atoms with Crippen LogP contribution in [-0.4, -0.2) is 62.0 Å². The van der Waals surface area contributed by atoms with Crippen LogP contribution in [0.2, 0.25) is 0 Å². The van der Waals surface area contributed by atoms with E-state index in [0.29, 0.717) is 6.07 Å². The summed E-state index contributed by atoms with van der Waals surface area (Å²) < 4.78 is 27.8. The summed E-state index contributed by atoms with van der Waals surface area (Å²) in [6.45, 7) is 0. The molecule has 7 nitrogen and oxygen atoms in total. The average molecular weight is 287 g/mol. The van der Waals surface area contributed by atoms with E-state index in [0.717, 1.165) is 12.1 Å². The number of hydrogen-bond acceptors (Lipinski definition) is 4. The normalized spacial score (nSPS) is 10.5. The van der Waals surface area contributed by atoms with Crippen molar-refractivity contribution < 1.29 is 22.0 Å². The van der Waals surface area contributed by atoms with Crippen molar-refractivity contribution in [2.24, 2.45) is 0 Å². The molecule has 0 heterocycles. The number of phenols is 1. The molecular weight excluding hydrogens is 280 g/mol. The molecule has 0 radical (unpaired) electrons. The SMILES string of the molecule is O=[N+]([O-])c1cc([As](=O)(O)O)ccc1O.[NaH]. The zero-order valence-electron chi connectivity index (χ0n) is 6.69. The monoisotopic (exact) mass is 287 g/mol. The first-order valence-electron chi connectivity index (χ1n) is 3.36. The first-order valence-corrected chi connectivity index (χ1v) is 6.74. The van der Waals surface area contributed by atoms with E-state index in [1.54, 1.807) is 0 Å². The Bertz CT molecular complexity index is 430. The van der Waals surface area contributed by atoms with Gasteiger partial charge in [0, 0.05) is 0 Å². The molecule has 1 aromatic carbocycles. The molecule has 9 heteroatoms. The standard InChI is InChI=1S/C6H6AsNO6.Na.H/c9-6-2-1-4(7(10,11)12)3-5(6)8(13)14;;/h1-3,9H,(H2,10,11,12);;. The van der Waals surface area contributed by atoms with Gasteiger partial charge in [0.2, 0.25) is 0 Å². The number of aromatic hydroxyl groups is 1. The van der Waals surface area contributed by atoms with Crippen molar-refractivity contribution in [3.63, 3.8) is 0 Å². The average Bonchev–Trinajstić information content (AvgIpc) is 2.02. The molecule has 0 atom stereocenters. The van der Waals surface area contributed by atoms with Crippen LogP contribution in [0.1, 0.15) is 0 Å². The van der Waals surface area contributed by atoms with Gasteiger partial charge in [0.05, 0.1) is 0 Å². The minimum absolute atomic E-state index is 0. The van der Waals surface area contributed by atoms with Crippen LogP contribution in [-0.2, 0) is 3.74 Å². The summed E-state index contributed by atoms with van der Waals surface area (Å²) in [5.74, 6) is -0.622. The van der Waals surface area contributed by atoms with E-state index >= 15 is 0 Å². The van der Waals surface area contributed by atoms with Gasteiger partial charge in [0.15, 0.2) is 0 Å². The van der Waals surface area contributed by atoms with Crippen LogP contribution in [0, 0.1) is 10.1 Å². The third-order valence-corrected chi connectivity index (χ3v) is 3.49. The molecule has 1 rings (SSSR count). The van der Waals surface area contributed by atoms with Crippen molar-refractivity contribution >= 4 is 53.8 Å². The van der Waals surface area contributed by atoms with Gasteiger partial charge in [-0.2, -0.15) is 0 Å². The molecule has 0 amide bonds. The number of hydrogen-bond donors (Lipinski definition) is 3. The Morgan fingerprint density at radius 3 is 2.27 bits per heavy atom. The van der Waals surface area contributed by atoms with E-state index in [4.69, 9.17) is 13.3 Å². The van der Waals surface area contributed by atoms with E-state index < -0.39 is 34.9 Å². The molecule has 15 heavy (non-hydrogen) atoms. The Morgan fingerprint density at radius 1 is 1.33 bits per heavy atom. The Kier molecular flexibility index (Phi) is 5.05. The maximum absolute atomic E-state index is 10.8. The summed E-state index contributed by atoms with van der Waals surface area (Å²) in [4.78, 5) is 9.39. The number of benzene rings is 1. The Hall–Kier alpha value is -0.302. The van der Waals surface area contributed by atoms with E-state index in [1.165, 1.54) is 0 Å². The molecule has 0 bridgehead atoms. The van der Waals surface area contributed by atoms with Crippen LogP contribution in [0.15, 0.2) is 18.2 Å². The third kappa shape index (κ3) is 3.64. The summed E-state index contributed by atoms with van der Waals surface area (Å²) in [5, 5.41) is 19.3. The quantitative estimate of drug-likeness (QED) is 0.336. The summed E-state index contributed by atoms with van der Waals surface area (Å²) in [5.41, 5.74) is -0.716. The van der Waals surface area contributed by atoms with Crippen molar-refractivity contribution in [2.45, 2.75) is 0 Å². The number of nitrogens with zero attached hydrogens (tertiary/aromatic N) is 1. The van der Waals surface area contributed by atoms with Crippen molar-refractivity contribution in [3.05, 3.63) is 28.3 Å². The fourth-order valence-corrected chi connectivity index (χ4v) is 2.01. The first kappa shape index (κ1) is 14.7. The second-order valence-electron chi connectivity index (χ2n) is 2.47. The second-order valence-corrected chi connectivity index (χ2v) is 5.84. The van der Waals surface area contributed by atoms with Crippen molar-refractivity contribution in [2.75, 3.05) is 0 Å². The topological polar surface area (TPSA) is 121 Å². The molecule has 0 aliphatic rings. The Labute approximate surface area is 109 Å². The van der Waals surface area contributed by atoms with Gasteiger partial charge in [0.25, 0.3) is 0 Å². The van der Waals surface area contributed by atoms with Crippen LogP contribution < -0.4 is 4.35 Å². The van der Waals surface area contributed by atoms with Crippen molar-refractivity contribution in [1.29, 1.82) is 0 Å². The predicted octanol–water partition coefficient (Wildman–Crippen LogP) is -1.79. The molecule has 0 unspecified atom stereocenters. The molecule has 0 spiro atoms. The molecule has 3 N–H and O–H groups in total. The summed E-state index contributed by atoms with van der Waals surface area (Å²) in [6, 6.07) is 2.52. The number of nitro benzene ring substituents is 1. The molecule has 1 aromatic rings. The maximum atomic E-state index is 10.8. The molecular formula is C6H7AsNNaO6. The number of phenolic OH excluding ortho intramolecular Hbond substituents is 1. The second kappa shape index (κ2) is 5.16. The van der Waals surface area contributed by atoms with Gasteiger partial charge < -0.3 is 0 Å². The van der Waals surface area contributed by atoms with Gasteiger partial charge in [-0.15, -0.1) is 0 Å². The Balaban J connectivity index is 0.00000196. The summed E-state index contributed by atoms with van der Waals surface area (Å²) in [6.07, 6.45) is 0. The van der Waals surface area contributed by atoms with Gasteiger partial charge >= 0.3 is 110 Å². The number of nitro groups is 1. The van der Waals surface area contributed by atoms with Crippen molar-refractivity contribution in [1.82, 2.24) is 0 Å². The third-order valence-electron chi connectivity index (χ3n) is 1.49. The molecule has 0 fully saturated rings. The van der Waals surface area contributed by atoms with Gasteiger partial charge in [-0.1, -0.05) is 0 Å². The van der Waals surface area contributed by atoms with Crippen molar-refractivity contribution in [3.8, 4) is 5.75 Å². The zero-order chi connectivity index (χ0) is 10.9. The van der Waals surface area contributed by atoms with Crippen LogP contribution in [0.3, 0.4) is 0 Å². The minimum atomic E-state index is -5.13. The molecule has 0 saturated heterocycles. The number of rotatable bonds is 2. The van der Waals surface area contributed by atoms with Crippen LogP contribution in [0.4, 0.5) is 5.69 Å². The van der Waals surface area contributed by atoms with E-state index in [-0.39, 0.29) is 29.6 Å². The Morgan fingerprint density at radius 2 is 1.87 bits per heavy atom. The molecule has 78 valence electrons.